The second kappa shape index (κ2) is 10.3. The molecule has 0 spiro atoms. The molecule has 0 radical (unpaired) electrons. The number of rotatable bonds is 6. The van der Waals surface area contributed by atoms with Crippen molar-refractivity contribution in [2.24, 2.45) is 5.92 Å². The number of anilines is 1. The highest BCUT2D eigenvalue weighted by Crippen LogP contribution is 2.33. The Labute approximate surface area is 198 Å². The number of hydrogen-bond donors (Lipinski definition) is 2. The zero-order valence-corrected chi connectivity index (χ0v) is 20.0. The molecule has 32 heavy (non-hydrogen) atoms. The lowest BCUT2D eigenvalue weighted by molar-refractivity contribution is -0.135. The molecule has 2 aromatic rings. The second-order valence-corrected chi connectivity index (χ2v) is 8.77. The fourth-order valence-electron chi connectivity index (χ4n) is 3.67. The summed E-state index contributed by atoms with van der Waals surface area (Å²) in [5.74, 6) is 1.04. The van der Waals surface area contributed by atoms with Crippen molar-refractivity contribution in [2.45, 2.75) is 32.9 Å². The van der Waals surface area contributed by atoms with Crippen LogP contribution in [0.2, 0.25) is 10.0 Å². The first kappa shape index (κ1) is 24.0. The summed E-state index contributed by atoms with van der Waals surface area (Å²) in [6.45, 7) is 4.77. The minimum Gasteiger partial charge on any atom is -0.493 e. The molecule has 1 atom stereocenters. The van der Waals surface area contributed by atoms with Crippen molar-refractivity contribution in [1.82, 2.24) is 10.2 Å². The van der Waals surface area contributed by atoms with E-state index < -0.39 is 12.1 Å². The third-order valence-electron chi connectivity index (χ3n) is 5.43. The summed E-state index contributed by atoms with van der Waals surface area (Å²) in [7, 11) is 3.18. The van der Waals surface area contributed by atoms with Gasteiger partial charge >= 0.3 is 6.03 Å². The number of nitrogens with one attached hydrogen (secondary N) is 2. The van der Waals surface area contributed by atoms with Gasteiger partial charge < -0.3 is 25.0 Å². The van der Waals surface area contributed by atoms with E-state index in [4.69, 9.17) is 32.7 Å². The number of carbonyl (C=O) groups excluding carboxylic acids is 2. The van der Waals surface area contributed by atoms with Gasteiger partial charge in [-0.3, -0.25) is 4.79 Å². The zero-order chi connectivity index (χ0) is 23.4. The van der Waals surface area contributed by atoms with E-state index in [1.807, 2.05) is 26.0 Å². The number of hydrogen-bond acceptors (Lipinski definition) is 4. The highest BCUT2D eigenvalue weighted by molar-refractivity contribution is 6.36. The molecule has 0 saturated carbocycles. The lowest BCUT2D eigenvalue weighted by Gasteiger charge is -2.33. The quantitative estimate of drug-likeness (QED) is 0.626. The molecule has 0 aromatic heterocycles. The zero-order valence-electron chi connectivity index (χ0n) is 18.5. The van der Waals surface area contributed by atoms with Crippen molar-refractivity contribution in [3.63, 3.8) is 0 Å². The van der Waals surface area contributed by atoms with Gasteiger partial charge in [-0.1, -0.05) is 37.0 Å². The number of halogens is 2. The molecule has 9 heteroatoms. The molecule has 0 bridgehead atoms. The van der Waals surface area contributed by atoms with Gasteiger partial charge in [0.25, 0.3) is 0 Å². The van der Waals surface area contributed by atoms with E-state index in [9.17, 15) is 9.59 Å². The van der Waals surface area contributed by atoms with Gasteiger partial charge in [-0.25, -0.2) is 4.79 Å². The molecule has 172 valence electrons. The summed E-state index contributed by atoms with van der Waals surface area (Å²) in [5.41, 5.74) is 2.54. The Morgan fingerprint density at radius 1 is 1.03 bits per heavy atom. The Hall–Kier alpha value is -2.64. The molecule has 7 nitrogen and oxygen atoms in total. The van der Waals surface area contributed by atoms with E-state index in [1.165, 1.54) is 6.07 Å². The maximum Gasteiger partial charge on any atom is 0.319 e. The molecule has 3 rings (SSSR count). The van der Waals surface area contributed by atoms with Crippen molar-refractivity contribution in [3.8, 4) is 11.5 Å². The van der Waals surface area contributed by atoms with Gasteiger partial charge in [-0.05, 0) is 53.8 Å². The lowest BCUT2D eigenvalue weighted by Crippen LogP contribution is -2.53. The van der Waals surface area contributed by atoms with Crippen molar-refractivity contribution in [2.75, 3.05) is 26.1 Å². The van der Waals surface area contributed by atoms with Crippen LogP contribution in [0.15, 0.2) is 30.3 Å². The second-order valence-electron chi connectivity index (χ2n) is 7.93. The van der Waals surface area contributed by atoms with Crippen LogP contribution < -0.4 is 20.1 Å². The molecular formula is C23H27Cl2N3O4. The SMILES string of the molecule is COc1cc2c(cc1OC)CN(C(=O)C(NC(=O)Nc1ccc(Cl)cc1Cl)C(C)C)CC2. The van der Waals surface area contributed by atoms with Crippen LogP contribution >= 0.6 is 23.2 Å². The van der Waals surface area contributed by atoms with Crippen LogP contribution in [0.3, 0.4) is 0 Å². The van der Waals surface area contributed by atoms with Gasteiger partial charge in [-0.15, -0.1) is 0 Å². The van der Waals surface area contributed by atoms with Crippen LogP contribution in [0, 0.1) is 5.92 Å². The summed E-state index contributed by atoms with van der Waals surface area (Å²) >= 11 is 12.0. The van der Waals surface area contributed by atoms with Crippen LogP contribution in [0.25, 0.3) is 0 Å². The lowest BCUT2D eigenvalue weighted by atomic mass is 9.96. The number of fused-ring (bicyclic) bond motifs is 1. The molecular weight excluding hydrogens is 453 g/mol. The highest BCUT2D eigenvalue weighted by Gasteiger charge is 2.31. The van der Waals surface area contributed by atoms with Gasteiger partial charge in [0.15, 0.2) is 11.5 Å². The molecule has 1 heterocycles. The fraction of sp³-hybridized carbons (Fsp3) is 0.391. The monoisotopic (exact) mass is 479 g/mol. The van der Waals surface area contributed by atoms with Crippen molar-refractivity contribution >= 4 is 40.8 Å². The average Bonchev–Trinajstić information content (AvgIpc) is 2.77. The number of urea groups is 1. The number of ether oxygens (including phenoxy) is 2. The number of methoxy groups -OCH3 is 2. The molecule has 3 amide bonds. The van der Waals surface area contributed by atoms with E-state index in [0.29, 0.717) is 46.7 Å². The van der Waals surface area contributed by atoms with Gasteiger partial charge in [0.2, 0.25) is 5.91 Å². The third kappa shape index (κ3) is 5.40. The first-order valence-corrected chi connectivity index (χ1v) is 11.0. The Morgan fingerprint density at radius 3 is 2.28 bits per heavy atom. The van der Waals surface area contributed by atoms with Crippen LogP contribution in [0.1, 0.15) is 25.0 Å². The topological polar surface area (TPSA) is 79.9 Å². The molecule has 2 aromatic carbocycles. The third-order valence-corrected chi connectivity index (χ3v) is 5.98. The van der Waals surface area contributed by atoms with E-state index in [0.717, 1.165) is 11.1 Å². The fourth-order valence-corrected chi connectivity index (χ4v) is 4.13. The van der Waals surface area contributed by atoms with Gasteiger partial charge in [0.1, 0.15) is 6.04 Å². The van der Waals surface area contributed by atoms with Crippen LogP contribution in [0.4, 0.5) is 10.5 Å². The van der Waals surface area contributed by atoms with E-state index in [-0.39, 0.29) is 11.8 Å². The minimum atomic E-state index is -0.692. The van der Waals surface area contributed by atoms with Crippen molar-refractivity contribution in [1.29, 1.82) is 0 Å². The number of benzene rings is 2. The van der Waals surface area contributed by atoms with E-state index in [1.54, 1.807) is 31.3 Å². The van der Waals surface area contributed by atoms with E-state index in [2.05, 4.69) is 10.6 Å². The molecule has 1 unspecified atom stereocenters. The molecule has 2 N–H and O–H groups in total. The normalized spacial score (nSPS) is 13.9. The van der Waals surface area contributed by atoms with Crippen LogP contribution in [0.5, 0.6) is 11.5 Å². The average molecular weight is 480 g/mol. The first-order chi connectivity index (χ1) is 15.2. The molecule has 0 fully saturated rings. The van der Waals surface area contributed by atoms with Crippen molar-refractivity contribution in [3.05, 3.63) is 51.5 Å². The summed E-state index contributed by atoms with van der Waals surface area (Å²) < 4.78 is 10.8. The highest BCUT2D eigenvalue weighted by atomic mass is 35.5. The first-order valence-electron chi connectivity index (χ1n) is 10.3. The number of carbonyl (C=O) groups is 2. The Morgan fingerprint density at radius 2 is 1.69 bits per heavy atom. The molecule has 1 aliphatic heterocycles. The largest absolute Gasteiger partial charge is 0.493 e. The Balaban J connectivity index is 1.72. The predicted octanol–water partition coefficient (Wildman–Crippen LogP) is 4.74. The summed E-state index contributed by atoms with van der Waals surface area (Å²) in [4.78, 5) is 27.7. The van der Waals surface area contributed by atoms with Gasteiger partial charge in [0, 0.05) is 18.1 Å². The summed E-state index contributed by atoms with van der Waals surface area (Å²) in [5, 5.41) is 6.26. The smallest absolute Gasteiger partial charge is 0.319 e. The van der Waals surface area contributed by atoms with E-state index >= 15 is 0 Å². The van der Waals surface area contributed by atoms with Gasteiger partial charge in [-0.2, -0.15) is 0 Å². The van der Waals surface area contributed by atoms with Crippen molar-refractivity contribution < 1.29 is 19.1 Å². The number of amides is 3. The predicted molar refractivity (Wildman–Crippen MR) is 126 cm³/mol. The number of nitrogens with zero attached hydrogens (tertiary/aromatic N) is 1. The van der Waals surface area contributed by atoms with Gasteiger partial charge in [0.05, 0.1) is 24.9 Å². The Bertz CT molecular complexity index is 1010. The van der Waals surface area contributed by atoms with Crippen LogP contribution in [-0.2, 0) is 17.8 Å². The molecule has 1 aliphatic rings. The standard InChI is InChI=1S/C23H27Cl2N3O4/c1-13(2)21(27-23(30)26-18-6-5-16(24)11-17(18)25)22(29)28-8-7-14-9-19(31-3)20(32-4)10-15(14)12-28/h5-6,9-11,13,21H,7-8,12H2,1-4H3,(H2,26,27,30). The summed E-state index contributed by atoms with van der Waals surface area (Å²) in [6.07, 6.45) is 0.693. The summed E-state index contributed by atoms with van der Waals surface area (Å²) in [6, 6.07) is 7.44. The van der Waals surface area contributed by atoms with Crippen LogP contribution in [-0.4, -0.2) is 43.6 Å². The maximum absolute atomic E-state index is 13.3. The minimum absolute atomic E-state index is 0.110. The molecule has 0 saturated heterocycles. The molecule has 0 aliphatic carbocycles. The Kier molecular flexibility index (Phi) is 7.74. The maximum atomic E-state index is 13.3.